The normalized spacial score (nSPS) is 23.7. The Morgan fingerprint density at radius 1 is 1.45 bits per heavy atom. The van der Waals surface area contributed by atoms with E-state index in [4.69, 9.17) is 4.74 Å². The number of hydrazone groups is 1. The first-order valence-electron chi connectivity index (χ1n) is 7.03. The number of nitrogens with zero attached hydrogens (tertiary/aromatic N) is 2. The molecule has 7 heteroatoms. The van der Waals surface area contributed by atoms with Gasteiger partial charge in [-0.05, 0) is 24.8 Å². The third kappa shape index (κ3) is 2.83. The van der Waals surface area contributed by atoms with Gasteiger partial charge >= 0.3 is 5.69 Å². The lowest BCUT2D eigenvalue weighted by Gasteiger charge is -2.31. The van der Waals surface area contributed by atoms with Gasteiger partial charge in [-0.25, -0.2) is 5.43 Å². The number of nitro benzene ring substituents is 1. The monoisotopic (exact) mass is 301 g/mol. The van der Waals surface area contributed by atoms with Crippen LogP contribution in [0.4, 0.5) is 5.69 Å². The third-order valence-electron chi connectivity index (χ3n) is 3.91. The minimum atomic E-state index is -0.547. The Morgan fingerprint density at radius 3 is 3.05 bits per heavy atom. The van der Waals surface area contributed by atoms with Crippen molar-refractivity contribution in [2.45, 2.75) is 12.8 Å². The molecule has 114 valence electrons. The largest absolute Gasteiger partial charge is 0.477 e. The lowest BCUT2D eigenvalue weighted by Crippen LogP contribution is -2.36. The Bertz CT molecular complexity index is 669. The van der Waals surface area contributed by atoms with E-state index in [1.807, 2.05) is 0 Å². The molecule has 0 bridgehead atoms. The van der Waals surface area contributed by atoms with Crippen LogP contribution < -0.4 is 10.2 Å². The van der Waals surface area contributed by atoms with Crippen LogP contribution in [-0.4, -0.2) is 23.1 Å². The molecule has 0 aromatic heterocycles. The maximum Gasteiger partial charge on any atom is 0.310 e. The molecular weight excluding hydrogens is 286 g/mol. The van der Waals surface area contributed by atoms with Crippen LogP contribution in [0.3, 0.4) is 0 Å². The van der Waals surface area contributed by atoms with Crippen LogP contribution in [0, 0.1) is 22.0 Å². The van der Waals surface area contributed by atoms with Gasteiger partial charge in [0.1, 0.15) is 0 Å². The number of carbonyl (C=O) groups excluding carboxylic acids is 1. The highest BCUT2D eigenvalue weighted by atomic mass is 16.6. The number of para-hydroxylation sites is 2. The molecule has 2 aliphatic carbocycles. The van der Waals surface area contributed by atoms with Gasteiger partial charge < -0.3 is 4.74 Å². The van der Waals surface area contributed by atoms with Crippen molar-refractivity contribution in [2.24, 2.45) is 16.9 Å². The van der Waals surface area contributed by atoms with Crippen molar-refractivity contribution >= 4 is 17.3 Å². The molecule has 22 heavy (non-hydrogen) atoms. The maximum atomic E-state index is 11.7. The van der Waals surface area contributed by atoms with Crippen molar-refractivity contribution in [2.75, 3.05) is 6.61 Å². The number of amides is 1. The number of nitro groups is 1. The number of nitrogens with one attached hydrogen (secondary N) is 1. The zero-order valence-electron chi connectivity index (χ0n) is 11.8. The Morgan fingerprint density at radius 2 is 2.27 bits per heavy atom. The molecule has 1 saturated carbocycles. The molecule has 0 saturated heterocycles. The van der Waals surface area contributed by atoms with E-state index in [0.29, 0.717) is 11.8 Å². The second-order valence-corrected chi connectivity index (χ2v) is 5.29. The summed E-state index contributed by atoms with van der Waals surface area (Å²) in [4.78, 5) is 22.0. The van der Waals surface area contributed by atoms with Crippen LogP contribution in [0.25, 0.3) is 0 Å². The maximum absolute atomic E-state index is 11.7. The first-order valence-corrected chi connectivity index (χ1v) is 7.03. The number of fused-ring (bicyclic) bond motifs is 1. The molecule has 3 rings (SSSR count). The first-order chi connectivity index (χ1) is 10.6. The fourth-order valence-corrected chi connectivity index (χ4v) is 2.70. The minimum absolute atomic E-state index is 0.0685. The summed E-state index contributed by atoms with van der Waals surface area (Å²) in [5.74, 6) is 0.634. The number of ether oxygens (including phenoxy) is 1. The second-order valence-electron chi connectivity index (χ2n) is 5.29. The van der Waals surface area contributed by atoms with E-state index in [1.165, 1.54) is 12.1 Å². The van der Waals surface area contributed by atoms with Crippen molar-refractivity contribution in [1.82, 2.24) is 5.43 Å². The van der Waals surface area contributed by atoms with E-state index in [-0.39, 0.29) is 18.0 Å². The summed E-state index contributed by atoms with van der Waals surface area (Å²) in [5, 5.41) is 14.9. The number of carbonyl (C=O) groups is 1. The number of rotatable bonds is 5. The summed E-state index contributed by atoms with van der Waals surface area (Å²) in [7, 11) is 0. The second kappa shape index (κ2) is 5.97. The minimum Gasteiger partial charge on any atom is -0.477 e. The molecular formula is C15H15N3O4. The zero-order chi connectivity index (χ0) is 15.5. The smallest absolute Gasteiger partial charge is 0.310 e. The molecule has 1 N–H and O–H groups in total. The summed E-state index contributed by atoms with van der Waals surface area (Å²) in [5.41, 5.74) is 3.27. The summed E-state index contributed by atoms with van der Waals surface area (Å²) in [6.07, 6.45) is 6.18. The van der Waals surface area contributed by atoms with Gasteiger partial charge in [0.15, 0.2) is 12.4 Å². The van der Waals surface area contributed by atoms with E-state index in [9.17, 15) is 14.9 Å². The highest BCUT2D eigenvalue weighted by Gasteiger charge is 2.37. The van der Waals surface area contributed by atoms with E-state index in [2.05, 4.69) is 22.7 Å². The van der Waals surface area contributed by atoms with E-state index < -0.39 is 10.8 Å². The van der Waals surface area contributed by atoms with Gasteiger partial charge in [0.25, 0.3) is 5.91 Å². The SMILES string of the molecule is O=C(COc1ccccc1[N+](=O)[O-])N/N=C1/C[C@H]2C=CC[C@@H]12. The van der Waals surface area contributed by atoms with Crippen LogP contribution in [0.15, 0.2) is 41.5 Å². The molecule has 0 spiro atoms. The molecule has 7 nitrogen and oxygen atoms in total. The number of allylic oxidation sites excluding steroid dienone is 2. The van der Waals surface area contributed by atoms with Crippen LogP contribution in [0.1, 0.15) is 12.8 Å². The summed E-state index contributed by atoms with van der Waals surface area (Å²) < 4.78 is 5.20. The van der Waals surface area contributed by atoms with Crippen molar-refractivity contribution in [3.63, 3.8) is 0 Å². The van der Waals surface area contributed by atoms with Gasteiger partial charge in [-0.15, -0.1) is 0 Å². The average Bonchev–Trinajstić information content (AvgIpc) is 2.87. The fourth-order valence-electron chi connectivity index (χ4n) is 2.70. The molecule has 2 aliphatic rings. The average molecular weight is 301 g/mol. The van der Waals surface area contributed by atoms with Crippen LogP contribution in [0.2, 0.25) is 0 Å². The number of hydrogen-bond acceptors (Lipinski definition) is 5. The van der Waals surface area contributed by atoms with Gasteiger partial charge in [-0.3, -0.25) is 14.9 Å². The molecule has 0 radical (unpaired) electrons. The van der Waals surface area contributed by atoms with Gasteiger partial charge in [0.05, 0.1) is 4.92 Å². The van der Waals surface area contributed by atoms with Gasteiger partial charge in [0, 0.05) is 17.7 Å². The lowest BCUT2D eigenvalue weighted by molar-refractivity contribution is -0.385. The fraction of sp³-hybridized carbons (Fsp3) is 0.333. The van der Waals surface area contributed by atoms with Crippen LogP contribution >= 0.6 is 0 Å². The third-order valence-corrected chi connectivity index (χ3v) is 3.91. The van der Waals surface area contributed by atoms with Crippen molar-refractivity contribution in [1.29, 1.82) is 0 Å². The predicted octanol–water partition coefficient (Wildman–Crippen LogP) is 2.04. The van der Waals surface area contributed by atoms with Gasteiger partial charge in [0.2, 0.25) is 0 Å². The Kier molecular flexibility index (Phi) is 3.86. The first kappa shape index (κ1) is 14.2. The molecule has 0 heterocycles. The summed E-state index contributed by atoms with van der Waals surface area (Å²) >= 11 is 0. The molecule has 1 amide bonds. The molecule has 1 aromatic rings. The van der Waals surface area contributed by atoms with Crippen molar-refractivity contribution in [3.05, 3.63) is 46.5 Å². The number of hydrogen-bond donors (Lipinski definition) is 1. The van der Waals surface area contributed by atoms with Gasteiger partial charge in [-0.1, -0.05) is 24.3 Å². The molecule has 1 aromatic carbocycles. The topological polar surface area (TPSA) is 93.8 Å². The van der Waals surface area contributed by atoms with E-state index in [1.54, 1.807) is 12.1 Å². The summed E-state index contributed by atoms with van der Waals surface area (Å²) in [6, 6.07) is 5.94. The quantitative estimate of drug-likeness (QED) is 0.511. The molecule has 0 unspecified atom stereocenters. The summed E-state index contributed by atoms with van der Waals surface area (Å²) in [6.45, 7) is -0.312. The highest BCUT2D eigenvalue weighted by Crippen LogP contribution is 2.40. The Hall–Kier alpha value is -2.70. The van der Waals surface area contributed by atoms with Crippen LogP contribution in [0.5, 0.6) is 5.75 Å². The highest BCUT2D eigenvalue weighted by molar-refractivity contribution is 5.94. The molecule has 2 atom stereocenters. The molecule has 1 fully saturated rings. The predicted molar refractivity (Wildman–Crippen MR) is 79.5 cm³/mol. The van der Waals surface area contributed by atoms with E-state index >= 15 is 0 Å². The van der Waals surface area contributed by atoms with Crippen molar-refractivity contribution < 1.29 is 14.5 Å². The number of benzene rings is 1. The van der Waals surface area contributed by atoms with Crippen molar-refractivity contribution in [3.8, 4) is 5.75 Å². The van der Waals surface area contributed by atoms with Gasteiger partial charge in [-0.2, -0.15) is 5.10 Å². The zero-order valence-corrected chi connectivity index (χ0v) is 11.8. The van der Waals surface area contributed by atoms with E-state index in [0.717, 1.165) is 18.6 Å². The Balaban J connectivity index is 1.51. The molecule has 0 aliphatic heterocycles. The van der Waals surface area contributed by atoms with Crippen LogP contribution in [-0.2, 0) is 4.79 Å². The lowest BCUT2D eigenvalue weighted by atomic mass is 9.74. The standard InChI is InChI=1S/C15H15N3O4/c19-15(17-16-12-8-10-4-3-5-11(10)12)9-22-14-7-2-1-6-13(14)18(20)21/h1-4,6-7,10-11H,5,8-9H2,(H,17,19)/b16-12-/t10-,11-/m1/s1. The Labute approximate surface area is 126 Å².